The van der Waals surface area contributed by atoms with Crippen LogP contribution in [0.2, 0.25) is 0 Å². The van der Waals surface area contributed by atoms with Crippen molar-refractivity contribution in [2.24, 2.45) is 0 Å². The summed E-state index contributed by atoms with van der Waals surface area (Å²) >= 11 is 5.48. The molecule has 0 atom stereocenters. The number of amides is 1. The van der Waals surface area contributed by atoms with Crippen LogP contribution in [0, 0.1) is 0 Å². The maximum Gasteiger partial charge on any atom is 0.251 e. The largest absolute Gasteiger partial charge is 0.491 e. The number of ether oxygens (including phenoxy) is 1. The van der Waals surface area contributed by atoms with Gasteiger partial charge >= 0.3 is 0 Å². The van der Waals surface area contributed by atoms with Crippen LogP contribution in [0.15, 0.2) is 24.3 Å². The van der Waals surface area contributed by atoms with E-state index in [4.69, 9.17) is 16.3 Å². The van der Waals surface area contributed by atoms with Crippen LogP contribution in [0.4, 0.5) is 0 Å². The molecule has 1 aromatic carbocycles. The van der Waals surface area contributed by atoms with Gasteiger partial charge in [0.25, 0.3) is 5.91 Å². The molecule has 0 spiro atoms. The summed E-state index contributed by atoms with van der Waals surface area (Å²) in [6, 6.07) is 7.05. The fraction of sp³-hybridized carbons (Fsp3) is 0.417. The second kappa shape index (κ2) is 6.38. The molecule has 0 saturated carbocycles. The maximum absolute atomic E-state index is 11.5. The monoisotopic (exact) mass is 241 g/mol. The molecule has 0 aliphatic heterocycles. The highest BCUT2D eigenvalue weighted by atomic mass is 35.5. The molecule has 16 heavy (non-hydrogen) atoms. The van der Waals surface area contributed by atoms with Crippen molar-refractivity contribution < 1.29 is 9.53 Å². The third-order valence-electron chi connectivity index (χ3n) is 1.87. The molecule has 0 aliphatic carbocycles. The van der Waals surface area contributed by atoms with Crippen molar-refractivity contribution in [3.63, 3.8) is 0 Å². The number of hydrogen-bond acceptors (Lipinski definition) is 2. The van der Waals surface area contributed by atoms with Crippen molar-refractivity contribution in [3.05, 3.63) is 29.8 Å². The van der Waals surface area contributed by atoms with E-state index in [2.05, 4.69) is 5.32 Å². The zero-order chi connectivity index (χ0) is 12.0. The highest BCUT2D eigenvalue weighted by Gasteiger charge is 2.04. The first kappa shape index (κ1) is 12.8. The maximum atomic E-state index is 11.5. The first-order valence-electron chi connectivity index (χ1n) is 5.24. The average molecular weight is 242 g/mol. The summed E-state index contributed by atoms with van der Waals surface area (Å²) in [7, 11) is 0. The van der Waals surface area contributed by atoms with Gasteiger partial charge < -0.3 is 10.1 Å². The fourth-order valence-corrected chi connectivity index (χ4v) is 1.31. The minimum atomic E-state index is -0.114. The van der Waals surface area contributed by atoms with Gasteiger partial charge in [0, 0.05) is 18.0 Å². The highest BCUT2D eigenvalue weighted by Crippen LogP contribution is 2.13. The van der Waals surface area contributed by atoms with Gasteiger partial charge in [-0.1, -0.05) is 0 Å². The van der Waals surface area contributed by atoms with Crippen molar-refractivity contribution >= 4 is 17.5 Å². The molecule has 0 unspecified atom stereocenters. The smallest absolute Gasteiger partial charge is 0.251 e. The minimum Gasteiger partial charge on any atom is -0.491 e. The Kier molecular flexibility index (Phi) is 5.12. The van der Waals surface area contributed by atoms with Crippen LogP contribution in [0.25, 0.3) is 0 Å². The lowest BCUT2D eigenvalue weighted by Crippen LogP contribution is -2.25. The van der Waals surface area contributed by atoms with Crippen molar-refractivity contribution in [3.8, 4) is 5.75 Å². The summed E-state index contributed by atoms with van der Waals surface area (Å²) < 4.78 is 5.48. The molecule has 4 heteroatoms. The van der Waals surface area contributed by atoms with Crippen LogP contribution in [0.1, 0.15) is 24.2 Å². The summed E-state index contributed by atoms with van der Waals surface area (Å²) in [4.78, 5) is 11.5. The van der Waals surface area contributed by atoms with Gasteiger partial charge in [0.1, 0.15) is 5.75 Å². The molecule has 1 aromatic rings. The van der Waals surface area contributed by atoms with E-state index in [1.165, 1.54) is 0 Å². The van der Waals surface area contributed by atoms with E-state index in [9.17, 15) is 4.79 Å². The standard InChI is InChI=1S/C12H16ClNO2/c1-9(2)16-11-5-3-10(4-6-11)12(15)14-8-7-13/h3-6,9H,7-8H2,1-2H3,(H,14,15). The molecule has 88 valence electrons. The van der Waals surface area contributed by atoms with E-state index in [1.807, 2.05) is 13.8 Å². The van der Waals surface area contributed by atoms with Crippen molar-refractivity contribution in [2.45, 2.75) is 20.0 Å². The zero-order valence-electron chi connectivity index (χ0n) is 9.50. The lowest BCUT2D eigenvalue weighted by Gasteiger charge is -2.10. The van der Waals surface area contributed by atoms with Crippen LogP contribution in [0.3, 0.4) is 0 Å². The number of carbonyl (C=O) groups is 1. The van der Waals surface area contributed by atoms with Crippen LogP contribution >= 0.6 is 11.6 Å². The third kappa shape index (κ3) is 4.11. The van der Waals surface area contributed by atoms with Gasteiger partial charge in [0.15, 0.2) is 0 Å². The molecule has 0 aliphatic rings. The van der Waals surface area contributed by atoms with Gasteiger partial charge in [-0.25, -0.2) is 0 Å². The molecule has 0 fully saturated rings. The van der Waals surface area contributed by atoms with Crippen molar-refractivity contribution in [2.75, 3.05) is 12.4 Å². The Bertz CT molecular complexity index is 335. The predicted octanol–water partition coefficient (Wildman–Crippen LogP) is 2.44. The fourth-order valence-electron chi connectivity index (χ4n) is 1.22. The van der Waals surface area contributed by atoms with Gasteiger partial charge in [-0.05, 0) is 38.1 Å². The Hall–Kier alpha value is -1.22. The Morgan fingerprint density at radius 2 is 2.00 bits per heavy atom. The Balaban J connectivity index is 2.60. The molecule has 1 amide bonds. The SMILES string of the molecule is CC(C)Oc1ccc(C(=O)NCCCl)cc1. The summed E-state index contributed by atoms with van der Waals surface area (Å²) in [5, 5.41) is 2.70. The molecule has 0 aromatic heterocycles. The number of hydrogen-bond donors (Lipinski definition) is 1. The third-order valence-corrected chi connectivity index (χ3v) is 2.06. The quantitative estimate of drug-likeness (QED) is 0.805. The van der Waals surface area contributed by atoms with Gasteiger partial charge in [-0.15, -0.1) is 11.6 Å². The molecule has 0 heterocycles. The number of benzene rings is 1. The van der Waals surface area contributed by atoms with Gasteiger partial charge in [-0.2, -0.15) is 0 Å². The predicted molar refractivity (Wildman–Crippen MR) is 65.3 cm³/mol. The number of alkyl halides is 1. The summed E-state index contributed by atoms with van der Waals surface area (Å²) in [5.74, 6) is 1.07. The molecule has 1 rings (SSSR count). The minimum absolute atomic E-state index is 0.114. The normalized spacial score (nSPS) is 10.2. The lowest BCUT2D eigenvalue weighted by atomic mass is 10.2. The van der Waals surface area contributed by atoms with Crippen molar-refractivity contribution in [1.29, 1.82) is 0 Å². The van der Waals surface area contributed by atoms with E-state index >= 15 is 0 Å². The second-order valence-corrected chi connectivity index (χ2v) is 4.01. The molecule has 0 bridgehead atoms. The molecule has 1 N–H and O–H groups in total. The van der Waals surface area contributed by atoms with Crippen molar-refractivity contribution in [1.82, 2.24) is 5.32 Å². The second-order valence-electron chi connectivity index (χ2n) is 3.64. The molecule has 3 nitrogen and oxygen atoms in total. The van der Waals surface area contributed by atoms with Crippen LogP contribution in [0.5, 0.6) is 5.75 Å². The summed E-state index contributed by atoms with van der Waals surface area (Å²) in [6.45, 7) is 4.40. The molecular formula is C12H16ClNO2. The van der Waals surface area contributed by atoms with Gasteiger partial charge in [-0.3, -0.25) is 4.79 Å². The Morgan fingerprint density at radius 1 is 1.38 bits per heavy atom. The molecular weight excluding hydrogens is 226 g/mol. The molecule has 0 saturated heterocycles. The van der Waals surface area contributed by atoms with E-state index < -0.39 is 0 Å². The van der Waals surface area contributed by atoms with Crippen LogP contribution < -0.4 is 10.1 Å². The highest BCUT2D eigenvalue weighted by molar-refractivity contribution is 6.18. The number of halogens is 1. The number of rotatable bonds is 5. The van der Waals surface area contributed by atoms with E-state index in [0.29, 0.717) is 18.0 Å². The van der Waals surface area contributed by atoms with E-state index in [0.717, 1.165) is 5.75 Å². The zero-order valence-corrected chi connectivity index (χ0v) is 10.3. The molecule has 0 radical (unpaired) electrons. The van der Waals surface area contributed by atoms with Crippen LogP contribution in [-0.2, 0) is 0 Å². The van der Waals surface area contributed by atoms with E-state index in [-0.39, 0.29) is 12.0 Å². The summed E-state index contributed by atoms with van der Waals surface area (Å²) in [5.41, 5.74) is 0.612. The first-order valence-corrected chi connectivity index (χ1v) is 5.78. The Labute approximate surface area is 101 Å². The van der Waals surface area contributed by atoms with Gasteiger partial charge in [0.2, 0.25) is 0 Å². The van der Waals surface area contributed by atoms with Crippen LogP contribution in [-0.4, -0.2) is 24.4 Å². The Morgan fingerprint density at radius 3 is 2.50 bits per heavy atom. The summed E-state index contributed by atoms with van der Waals surface area (Å²) in [6.07, 6.45) is 0.135. The van der Waals surface area contributed by atoms with Gasteiger partial charge in [0.05, 0.1) is 6.10 Å². The topological polar surface area (TPSA) is 38.3 Å². The van der Waals surface area contributed by atoms with E-state index in [1.54, 1.807) is 24.3 Å². The number of carbonyl (C=O) groups excluding carboxylic acids is 1. The average Bonchev–Trinajstić information content (AvgIpc) is 2.26. The number of nitrogens with one attached hydrogen (secondary N) is 1. The lowest BCUT2D eigenvalue weighted by molar-refractivity contribution is 0.0956. The first-order chi connectivity index (χ1) is 7.63.